The predicted molar refractivity (Wildman–Crippen MR) is 89.7 cm³/mol. The minimum atomic E-state index is 0.404. The largest absolute Gasteiger partial charge is 0.378 e. The summed E-state index contributed by atoms with van der Waals surface area (Å²) in [4.78, 5) is 9.13. The van der Waals surface area contributed by atoms with E-state index in [-0.39, 0.29) is 0 Å². The van der Waals surface area contributed by atoms with Gasteiger partial charge in [0.15, 0.2) is 5.82 Å². The van der Waals surface area contributed by atoms with E-state index in [1.807, 2.05) is 24.3 Å². The van der Waals surface area contributed by atoms with E-state index in [9.17, 15) is 0 Å². The lowest BCUT2D eigenvalue weighted by Gasteiger charge is -2.13. The fraction of sp³-hybridized carbons (Fsp3) is 0.333. The standard InChI is InChI=1S/C15H17BrClN3O/c1-3-8-18-15-13(16)12(9-21-2)19-14(20-15)10-6-4-5-7-11(10)17/h4-7H,3,8-9H2,1-2H3,(H,18,19,20). The fourth-order valence-corrected chi connectivity index (χ4v) is 2.50. The van der Waals surface area contributed by atoms with Crippen molar-refractivity contribution in [2.24, 2.45) is 0 Å². The smallest absolute Gasteiger partial charge is 0.163 e. The van der Waals surface area contributed by atoms with Crippen molar-refractivity contribution in [1.29, 1.82) is 0 Å². The lowest BCUT2D eigenvalue weighted by Crippen LogP contribution is -2.08. The maximum Gasteiger partial charge on any atom is 0.163 e. The number of hydrogen-bond donors (Lipinski definition) is 1. The monoisotopic (exact) mass is 369 g/mol. The quantitative estimate of drug-likeness (QED) is 0.811. The van der Waals surface area contributed by atoms with E-state index >= 15 is 0 Å². The van der Waals surface area contributed by atoms with Crippen LogP contribution in [0.2, 0.25) is 5.02 Å². The van der Waals surface area contributed by atoms with Crippen LogP contribution in [0.5, 0.6) is 0 Å². The zero-order valence-electron chi connectivity index (χ0n) is 12.0. The Bertz CT molecular complexity index is 622. The van der Waals surface area contributed by atoms with Crippen LogP contribution >= 0.6 is 27.5 Å². The molecule has 0 bridgehead atoms. The molecule has 0 aliphatic rings. The highest BCUT2D eigenvalue weighted by Gasteiger charge is 2.14. The summed E-state index contributed by atoms with van der Waals surface area (Å²) in [7, 11) is 1.64. The molecule has 1 aromatic carbocycles. The molecule has 0 aliphatic carbocycles. The second-order valence-electron chi connectivity index (χ2n) is 4.50. The molecule has 1 heterocycles. The third kappa shape index (κ3) is 3.93. The van der Waals surface area contributed by atoms with Gasteiger partial charge in [0.25, 0.3) is 0 Å². The maximum absolute atomic E-state index is 6.24. The number of nitrogens with zero attached hydrogens (tertiary/aromatic N) is 2. The lowest BCUT2D eigenvalue weighted by atomic mass is 10.2. The molecule has 21 heavy (non-hydrogen) atoms. The van der Waals surface area contributed by atoms with Crippen LogP contribution in [0.4, 0.5) is 5.82 Å². The van der Waals surface area contributed by atoms with Gasteiger partial charge < -0.3 is 10.1 Å². The van der Waals surface area contributed by atoms with Gasteiger partial charge in [-0.05, 0) is 34.5 Å². The minimum Gasteiger partial charge on any atom is -0.378 e. The molecule has 0 unspecified atom stereocenters. The second-order valence-corrected chi connectivity index (χ2v) is 5.70. The number of rotatable bonds is 6. The summed E-state index contributed by atoms with van der Waals surface area (Å²) < 4.78 is 6.04. The molecule has 6 heteroatoms. The van der Waals surface area contributed by atoms with E-state index in [1.165, 1.54) is 0 Å². The maximum atomic E-state index is 6.24. The highest BCUT2D eigenvalue weighted by molar-refractivity contribution is 9.10. The molecule has 112 valence electrons. The first kappa shape index (κ1) is 16.2. The van der Waals surface area contributed by atoms with Gasteiger partial charge in [0.2, 0.25) is 0 Å². The lowest BCUT2D eigenvalue weighted by molar-refractivity contribution is 0.181. The van der Waals surface area contributed by atoms with E-state index in [2.05, 4.69) is 38.1 Å². The Morgan fingerprint density at radius 1 is 1.29 bits per heavy atom. The Kier molecular flexibility index (Phi) is 5.96. The molecule has 2 rings (SSSR count). The summed E-state index contributed by atoms with van der Waals surface area (Å²) in [6.07, 6.45) is 1.01. The summed E-state index contributed by atoms with van der Waals surface area (Å²) in [5, 5.41) is 3.92. The van der Waals surface area contributed by atoms with Crippen molar-refractivity contribution in [2.75, 3.05) is 19.0 Å². The Morgan fingerprint density at radius 2 is 2.05 bits per heavy atom. The van der Waals surface area contributed by atoms with E-state index < -0.39 is 0 Å². The highest BCUT2D eigenvalue weighted by Crippen LogP contribution is 2.30. The highest BCUT2D eigenvalue weighted by atomic mass is 79.9. The molecule has 0 aliphatic heterocycles. The molecule has 1 N–H and O–H groups in total. The number of nitrogens with one attached hydrogen (secondary N) is 1. The van der Waals surface area contributed by atoms with Crippen LogP contribution in [0.3, 0.4) is 0 Å². The summed E-state index contributed by atoms with van der Waals surface area (Å²) in [6.45, 7) is 3.35. The number of benzene rings is 1. The Balaban J connectivity index is 2.50. The van der Waals surface area contributed by atoms with Gasteiger partial charge in [-0.3, -0.25) is 0 Å². The number of hydrogen-bond acceptors (Lipinski definition) is 4. The molecule has 4 nitrogen and oxygen atoms in total. The second kappa shape index (κ2) is 7.73. The van der Waals surface area contributed by atoms with Gasteiger partial charge in [-0.2, -0.15) is 0 Å². The predicted octanol–water partition coefficient (Wildman–Crippen LogP) is 4.53. The molecular formula is C15H17BrClN3O. The van der Waals surface area contributed by atoms with Crippen molar-refractivity contribution in [2.45, 2.75) is 20.0 Å². The average Bonchev–Trinajstić information content (AvgIpc) is 2.49. The number of anilines is 1. The fourth-order valence-electron chi connectivity index (χ4n) is 1.85. The third-order valence-electron chi connectivity index (χ3n) is 2.86. The van der Waals surface area contributed by atoms with Crippen molar-refractivity contribution in [3.05, 3.63) is 39.5 Å². The van der Waals surface area contributed by atoms with Crippen molar-refractivity contribution in [1.82, 2.24) is 9.97 Å². The van der Waals surface area contributed by atoms with Crippen LogP contribution in [0.15, 0.2) is 28.7 Å². The van der Waals surface area contributed by atoms with Crippen molar-refractivity contribution < 1.29 is 4.74 Å². The Labute approximate surface area is 138 Å². The van der Waals surface area contributed by atoms with Gasteiger partial charge in [0.05, 0.1) is 21.8 Å². The molecule has 0 saturated heterocycles. The molecule has 0 saturated carbocycles. The summed E-state index contributed by atoms with van der Waals surface area (Å²) in [6, 6.07) is 7.54. The summed E-state index contributed by atoms with van der Waals surface area (Å²) in [5.74, 6) is 1.35. The van der Waals surface area contributed by atoms with Gasteiger partial charge in [-0.25, -0.2) is 9.97 Å². The number of ether oxygens (including phenoxy) is 1. The van der Waals surface area contributed by atoms with E-state index in [1.54, 1.807) is 7.11 Å². The molecule has 0 atom stereocenters. The molecular weight excluding hydrogens is 354 g/mol. The van der Waals surface area contributed by atoms with Crippen molar-refractivity contribution in [3.8, 4) is 11.4 Å². The van der Waals surface area contributed by atoms with Gasteiger partial charge in [-0.15, -0.1) is 0 Å². The normalized spacial score (nSPS) is 10.7. The first-order chi connectivity index (χ1) is 10.2. The number of methoxy groups -OCH3 is 1. The molecule has 2 aromatic rings. The number of halogens is 2. The van der Waals surface area contributed by atoms with Crippen LogP contribution in [0.25, 0.3) is 11.4 Å². The molecule has 0 spiro atoms. The molecule has 0 amide bonds. The Morgan fingerprint density at radius 3 is 2.71 bits per heavy atom. The zero-order chi connectivity index (χ0) is 15.2. The first-order valence-electron chi connectivity index (χ1n) is 6.71. The topological polar surface area (TPSA) is 47.0 Å². The van der Waals surface area contributed by atoms with Crippen LogP contribution in [0, 0.1) is 0 Å². The first-order valence-corrected chi connectivity index (χ1v) is 7.88. The number of aromatic nitrogens is 2. The Hall–Kier alpha value is -1.17. The van der Waals surface area contributed by atoms with Gasteiger partial charge in [-0.1, -0.05) is 30.7 Å². The van der Waals surface area contributed by atoms with Crippen LogP contribution in [-0.2, 0) is 11.3 Å². The zero-order valence-corrected chi connectivity index (χ0v) is 14.3. The van der Waals surface area contributed by atoms with Crippen molar-refractivity contribution >= 4 is 33.3 Å². The summed E-state index contributed by atoms with van der Waals surface area (Å²) in [5.41, 5.74) is 1.60. The van der Waals surface area contributed by atoms with Crippen LogP contribution in [-0.4, -0.2) is 23.6 Å². The van der Waals surface area contributed by atoms with Crippen LogP contribution < -0.4 is 5.32 Å². The van der Waals surface area contributed by atoms with E-state index in [0.717, 1.165) is 34.5 Å². The summed E-state index contributed by atoms with van der Waals surface area (Å²) >= 11 is 9.78. The molecule has 0 fully saturated rings. The van der Waals surface area contributed by atoms with Crippen LogP contribution in [0.1, 0.15) is 19.0 Å². The van der Waals surface area contributed by atoms with E-state index in [0.29, 0.717) is 17.5 Å². The van der Waals surface area contributed by atoms with Gasteiger partial charge in [0, 0.05) is 19.2 Å². The van der Waals surface area contributed by atoms with Crippen molar-refractivity contribution in [3.63, 3.8) is 0 Å². The molecule has 1 aromatic heterocycles. The van der Waals surface area contributed by atoms with Gasteiger partial charge in [0.1, 0.15) is 5.82 Å². The van der Waals surface area contributed by atoms with E-state index in [4.69, 9.17) is 16.3 Å². The molecule has 0 radical (unpaired) electrons. The SMILES string of the molecule is CCCNc1nc(-c2ccccc2Cl)nc(COC)c1Br. The van der Waals surface area contributed by atoms with Gasteiger partial charge >= 0.3 is 0 Å². The average molecular weight is 371 g/mol. The third-order valence-corrected chi connectivity index (χ3v) is 4.02. The minimum absolute atomic E-state index is 0.404.